The van der Waals surface area contributed by atoms with E-state index in [1.807, 2.05) is 66.7 Å². The van der Waals surface area contributed by atoms with Crippen LogP contribution < -0.4 is 20.9 Å². The molecule has 2 fully saturated rings. The number of carbonyl (C=O) groups is 2. The van der Waals surface area contributed by atoms with Crippen LogP contribution >= 0.6 is 15.9 Å². The number of fused-ring (bicyclic) bond motifs is 2. The summed E-state index contributed by atoms with van der Waals surface area (Å²) < 4.78 is 13.8. The summed E-state index contributed by atoms with van der Waals surface area (Å²) in [5, 5.41) is 12.5. The molecule has 0 unspecified atom stereocenters. The number of halogens is 1. The van der Waals surface area contributed by atoms with Gasteiger partial charge in [-0.15, -0.1) is 0 Å². The number of nitrogens with zero attached hydrogens (tertiary/aromatic N) is 10. The third kappa shape index (κ3) is 10.2. The summed E-state index contributed by atoms with van der Waals surface area (Å²) in [6.45, 7) is 6.61. The SMILES string of the molecule is COC(=O)c1cccc(-c2cc(Br)c3nccn3n2)c1.COC(=O)c1cccc(-c2cc(Nc3cccc(N4CCC[C@H]4C)n3)c3nccn3n2)c1.C[C@@H]1CCCN1c1cccc(N)n1. The van der Waals surface area contributed by atoms with Crippen molar-refractivity contribution in [2.45, 2.75) is 51.6 Å². The van der Waals surface area contributed by atoms with Gasteiger partial charge in [0.05, 0.1) is 46.9 Å². The summed E-state index contributed by atoms with van der Waals surface area (Å²) in [5.74, 6) is 2.59. The Morgan fingerprint density at radius 3 is 1.75 bits per heavy atom. The molecule has 8 heterocycles. The van der Waals surface area contributed by atoms with Gasteiger partial charge >= 0.3 is 11.9 Å². The number of nitrogens with one attached hydrogen (secondary N) is 1. The van der Waals surface area contributed by atoms with Crippen LogP contribution in [0.5, 0.6) is 0 Å². The van der Waals surface area contributed by atoms with E-state index in [0.29, 0.717) is 40.4 Å². The minimum Gasteiger partial charge on any atom is -0.465 e. The topological polar surface area (TPSA) is 183 Å². The number of imidazole rings is 2. The molecule has 2 atom stereocenters. The number of benzene rings is 2. The molecule has 3 N–H and O–H groups in total. The van der Waals surface area contributed by atoms with Crippen LogP contribution in [0, 0.1) is 0 Å². The van der Waals surface area contributed by atoms with Gasteiger partial charge in [-0.1, -0.05) is 36.4 Å². The van der Waals surface area contributed by atoms with Gasteiger partial charge in [-0.25, -0.2) is 38.6 Å². The number of pyridine rings is 2. The molecule has 0 aliphatic carbocycles. The van der Waals surface area contributed by atoms with Crippen molar-refractivity contribution >= 4 is 68.1 Å². The lowest BCUT2D eigenvalue weighted by molar-refractivity contribution is 0.0592. The third-order valence-electron chi connectivity index (χ3n) is 11.3. The Balaban J connectivity index is 0.000000148. The van der Waals surface area contributed by atoms with Crippen molar-refractivity contribution in [3.63, 3.8) is 0 Å². The first-order valence-electron chi connectivity index (χ1n) is 21.3. The number of hydrogen-bond acceptors (Lipinski definition) is 14. The molecular formula is C48H49BrN12O4. The molecule has 6 aromatic heterocycles. The van der Waals surface area contributed by atoms with Crippen LogP contribution in [0.15, 0.2) is 126 Å². The highest BCUT2D eigenvalue weighted by atomic mass is 79.9. The Labute approximate surface area is 384 Å². The second-order valence-electron chi connectivity index (χ2n) is 15.7. The number of aromatic nitrogens is 8. The molecule has 0 saturated carbocycles. The Kier molecular flexibility index (Phi) is 13.6. The second-order valence-corrected chi connectivity index (χ2v) is 16.5. The molecule has 2 aliphatic rings. The summed E-state index contributed by atoms with van der Waals surface area (Å²) in [6.07, 6.45) is 11.9. The number of methoxy groups -OCH3 is 2. The van der Waals surface area contributed by atoms with Gasteiger partial charge in [-0.3, -0.25) is 0 Å². The van der Waals surface area contributed by atoms with Crippen LogP contribution in [0.3, 0.4) is 0 Å². The fourth-order valence-electron chi connectivity index (χ4n) is 7.95. The number of ether oxygens (including phenoxy) is 2. The maximum absolute atomic E-state index is 12.0. The first-order valence-corrected chi connectivity index (χ1v) is 22.1. The quantitative estimate of drug-likeness (QED) is 0.138. The van der Waals surface area contributed by atoms with E-state index >= 15 is 0 Å². The molecule has 0 radical (unpaired) electrons. The van der Waals surface area contributed by atoms with Gasteiger partial charge in [0.15, 0.2) is 11.3 Å². The van der Waals surface area contributed by atoms with Gasteiger partial charge in [0.1, 0.15) is 23.3 Å². The van der Waals surface area contributed by atoms with Gasteiger partial charge in [0.2, 0.25) is 0 Å². The van der Waals surface area contributed by atoms with E-state index in [4.69, 9.17) is 20.2 Å². The van der Waals surface area contributed by atoms with Crippen LogP contribution in [0.25, 0.3) is 33.8 Å². The molecule has 17 heteroatoms. The summed E-state index contributed by atoms with van der Waals surface area (Å²) in [6, 6.07) is 31.1. The largest absolute Gasteiger partial charge is 0.465 e. The minimum absolute atomic E-state index is 0.366. The normalized spacial score (nSPS) is 15.5. The summed E-state index contributed by atoms with van der Waals surface area (Å²) in [5.41, 5.74) is 11.9. The standard InChI is InChI=1S/C24H24N6O2.C14H10BrN3O2.C10H15N3/c1-16-6-5-12-29(16)22-10-4-9-21(27-22)26-20-15-19(28-30-13-11-25-23(20)30)17-7-3-8-18(14-17)24(31)32-2;1-20-14(19)10-4-2-3-9(7-10)12-8-11(15)13-16-5-6-18(13)17-12;1-8-4-3-7-13(8)10-6-2-5-9(11)12-10/h3-4,7-11,13-16H,5-6,12H2,1-2H3,(H,26,27);2-8H,1H3;2,5-6,8H,3-4,7H2,1H3,(H2,11,12)/t16-;;8-/m1.1/s1. The minimum atomic E-state index is -0.383. The van der Waals surface area contributed by atoms with Crippen molar-refractivity contribution < 1.29 is 19.1 Å². The van der Waals surface area contributed by atoms with Gasteiger partial charge in [0.25, 0.3) is 0 Å². The number of nitrogen functional groups attached to an aromatic ring is 1. The first-order chi connectivity index (χ1) is 31.6. The zero-order chi connectivity index (χ0) is 45.5. The molecule has 2 aliphatic heterocycles. The van der Waals surface area contributed by atoms with Gasteiger partial charge in [-0.05, 0) is 116 Å². The predicted molar refractivity (Wildman–Crippen MR) is 255 cm³/mol. The average molecular weight is 938 g/mol. The van der Waals surface area contributed by atoms with Crippen molar-refractivity contribution in [1.29, 1.82) is 0 Å². The first kappa shape index (κ1) is 44.2. The molecule has 16 nitrogen and oxygen atoms in total. The predicted octanol–water partition coefficient (Wildman–Crippen LogP) is 8.91. The van der Waals surface area contributed by atoms with Gasteiger partial charge in [0, 0.05) is 61.1 Å². The number of esters is 2. The van der Waals surface area contributed by atoms with Gasteiger partial charge in [-0.2, -0.15) is 10.2 Å². The maximum atomic E-state index is 12.0. The number of anilines is 5. The van der Waals surface area contributed by atoms with Crippen molar-refractivity contribution in [1.82, 2.24) is 39.2 Å². The maximum Gasteiger partial charge on any atom is 0.337 e. The molecule has 2 aromatic carbocycles. The monoisotopic (exact) mass is 936 g/mol. The van der Waals surface area contributed by atoms with Crippen molar-refractivity contribution in [3.8, 4) is 22.5 Å². The second kappa shape index (κ2) is 20.0. The van der Waals surface area contributed by atoms with E-state index in [9.17, 15) is 9.59 Å². The Morgan fingerprint density at radius 1 is 0.677 bits per heavy atom. The van der Waals surface area contributed by atoms with E-state index in [1.54, 1.807) is 64.2 Å². The molecule has 332 valence electrons. The summed E-state index contributed by atoms with van der Waals surface area (Å²) in [4.78, 5) is 46.0. The highest BCUT2D eigenvalue weighted by Crippen LogP contribution is 2.30. The molecule has 8 aromatic rings. The third-order valence-corrected chi connectivity index (χ3v) is 11.9. The van der Waals surface area contributed by atoms with Crippen LogP contribution in [-0.2, 0) is 9.47 Å². The molecule has 0 bridgehead atoms. The molecule has 2 saturated heterocycles. The van der Waals surface area contributed by atoms with Crippen LogP contribution in [0.2, 0.25) is 0 Å². The number of carbonyl (C=O) groups excluding carboxylic acids is 2. The van der Waals surface area contributed by atoms with Crippen molar-refractivity contribution in [3.05, 3.63) is 137 Å². The number of nitrogens with two attached hydrogens (primary N) is 1. The summed E-state index contributed by atoms with van der Waals surface area (Å²) >= 11 is 3.47. The molecule has 65 heavy (non-hydrogen) atoms. The number of rotatable bonds is 8. The zero-order valence-electron chi connectivity index (χ0n) is 36.5. The fourth-order valence-corrected chi connectivity index (χ4v) is 8.45. The van der Waals surface area contributed by atoms with Crippen LogP contribution in [-0.4, -0.2) is 90.5 Å². The fraction of sp³-hybridized carbons (Fsp3) is 0.250. The Morgan fingerprint density at radius 2 is 1.20 bits per heavy atom. The lowest BCUT2D eigenvalue weighted by Crippen LogP contribution is -2.27. The molecule has 0 amide bonds. The van der Waals surface area contributed by atoms with E-state index in [0.717, 1.165) is 63.2 Å². The lowest BCUT2D eigenvalue weighted by atomic mass is 10.1. The zero-order valence-corrected chi connectivity index (χ0v) is 38.1. The van der Waals surface area contributed by atoms with E-state index < -0.39 is 0 Å². The highest BCUT2D eigenvalue weighted by molar-refractivity contribution is 9.10. The van der Waals surface area contributed by atoms with Crippen LogP contribution in [0.1, 0.15) is 60.2 Å². The number of hydrogen-bond donors (Lipinski definition) is 2. The summed E-state index contributed by atoms with van der Waals surface area (Å²) in [7, 11) is 2.73. The lowest BCUT2D eigenvalue weighted by Gasteiger charge is -2.23. The molecular weight excluding hydrogens is 889 g/mol. The Hall–Kier alpha value is -7.40. The van der Waals surface area contributed by atoms with Crippen molar-refractivity contribution in [2.75, 3.05) is 48.2 Å². The smallest absolute Gasteiger partial charge is 0.337 e. The molecule has 10 rings (SSSR count). The van der Waals surface area contributed by atoms with E-state index in [-0.39, 0.29) is 11.9 Å². The van der Waals surface area contributed by atoms with E-state index in [1.165, 1.54) is 39.9 Å². The highest BCUT2D eigenvalue weighted by Gasteiger charge is 2.23. The van der Waals surface area contributed by atoms with Crippen molar-refractivity contribution in [2.24, 2.45) is 0 Å². The van der Waals surface area contributed by atoms with E-state index in [2.05, 4.69) is 70.0 Å². The average Bonchev–Trinajstić information content (AvgIpc) is 4.18. The Bertz CT molecular complexity index is 2960. The molecule has 0 spiro atoms. The van der Waals surface area contributed by atoms with Crippen LogP contribution in [0.4, 0.5) is 29.0 Å². The van der Waals surface area contributed by atoms with Gasteiger partial charge < -0.3 is 30.3 Å².